The molecular formula is C12H18N2O3S. The van der Waals surface area contributed by atoms with Crippen LogP contribution in [0.3, 0.4) is 0 Å². The highest BCUT2D eigenvalue weighted by Crippen LogP contribution is 2.07. The van der Waals surface area contributed by atoms with Crippen LogP contribution >= 0.6 is 0 Å². The molecule has 0 saturated heterocycles. The topological polar surface area (TPSA) is 80.5 Å². The molecule has 0 aliphatic rings. The van der Waals surface area contributed by atoms with Gasteiger partial charge in [0, 0.05) is 19.8 Å². The number of sulfone groups is 1. The van der Waals surface area contributed by atoms with Crippen molar-refractivity contribution in [2.45, 2.75) is 6.42 Å². The summed E-state index contributed by atoms with van der Waals surface area (Å²) >= 11 is 0. The van der Waals surface area contributed by atoms with Crippen molar-refractivity contribution < 1.29 is 13.2 Å². The van der Waals surface area contributed by atoms with E-state index in [1.54, 1.807) is 24.3 Å². The van der Waals surface area contributed by atoms with E-state index in [4.69, 9.17) is 5.73 Å². The standard InChI is InChI=1S/C12H18N2O3S/c1-14(2)12(15)9-18(16,17)8-7-10-3-5-11(13)6-4-10/h3-6H,7-9,13H2,1-2H3. The molecule has 0 aliphatic carbocycles. The molecule has 6 heteroatoms. The Bertz CT molecular complexity index is 507. The summed E-state index contributed by atoms with van der Waals surface area (Å²) in [6, 6.07) is 7.04. The fourth-order valence-electron chi connectivity index (χ4n) is 1.35. The highest BCUT2D eigenvalue weighted by atomic mass is 32.2. The lowest BCUT2D eigenvalue weighted by Crippen LogP contribution is -2.30. The minimum absolute atomic E-state index is 0.0313. The third-order valence-corrected chi connectivity index (χ3v) is 4.04. The van der Waals surface area contributed by atoms with Crippen LogP contribution in [-0.4, -0.2) is 44.8 Å². The number of nitrogens with zero attached hydrogens (tertiary/aromatic N) is 1. The van der Waals surface area contributed by atoms with Gasteiger partial charge < -0.3 is 10.6 Å². The van der Waals surface area contributed by atoms with Crippen molar-refractivity contribution in [3.63, 3.8) is 0 Å². The Morgan fingerprint density at radius 1 is 1.22 bits per heavy atom. The van der Waals surface area contributed by atoms with Crippen molar-refractivity contribution in [2.75, 3.05) is 31.3 Å². The number of benzene rings is 1. The normalized spacial score (nSPS) is 11.2. The van der Waals surface area contributed by atoms with Gasteiger partial charge in [0.05, 0.1) is 5.75 Å². The van der Waals surface area contributed by atoms with Crippen molar-refractivity contribution in [1.29, 1.82) is 0 Å². The molecule has 5 nitrogen and oxygen atoms in total. The number of aryl methyl sites for hydroxylation is 1. The van der Waals surface area contributed by atoms with E-state index in [-0.39, 0.29) is 5.75 Å². The predicted molar refractivity (Wildman–Crippen MR) is 71.9 cm³/mol. The van der Waals surface area contributed by atoms with Gasteiger partial charge >= 0.3 is 0 Å². The number of rotatable bonds is 5. The number of hydrogen-bond acceptors (Lipinski definition) is 4. The van der Waals surface area contributed by atoms with Crippen LogP contribution in [0.1, 0.15) is 5.56 Å². The van der Waals surface area contributed by atoms with Gasteiger partial charge in [-0.3, -0.25) is 4.79 Å². The Balaban J connectivity index is 2.57. The first-order valence-electron chi connectivity index (χ1n) is 5.55. The molecule has 0 saturated carbocycles. The van der Waals surface area contributed by atoms with E-state index >= 15 is 0 Å². The Hall–Kier alpha value is -1.56. The van der Waals surface area contributed by atoms with Crippen LogP contribution in [0.2, 0.25) is 0 Å². The zero-order valence-corrected chi connectivity index (χ0v) is 11.4. The van der Waals surface area contributed by atoms with Crippen LogP contribution in [0.5, 0.6) is 0 Å². The van der Waals surface area contributed by atoms with Crippen LogP contribution in [0.15, 0.2) is 24.3 Å². The van der Waals surface area contributed by atoms with E-state index < -0.39 is 21.5 Å². The van der Waals surface area contributed by atoms with E-state index in [9.17, 15) is 13.2 Å². The second-order valence-electron chi connectivity index (χ2n) is 4.37. The maximum Gasteiger partial charge on any atom is 0.237 e. The van der Waals surface area contributed by atoms with Gasteiger partial charge in [0.15, 0.2) is 9.84 Å². The zero-order chi connectivity index (χ0) is 13.8. The van der Waals surface area contributed by atoms with Crippen molar-refractivity contribution in [2.24, 2.45) is 0 Å². The first kappa shape index (κ1) is 14.5. The molecule has 0 aromatic heterocycles. The minimum atomic E-state index is -3.36. The van der Waals surface area contributed by atoms with Crippen molar-refractivity contribution in [1.82, 2.24) is 4.90 Å². The molecule has 0 heterocycles. The van der Waals surface area contributed by atoms with Crippen LogP contribution < -0.4 is 5.73 Å². The summed E-state index contributed by atoms with van der Waals surface area (Å²) < 4.78 is 23.4. The molecule has 2 N–H and O–H groups in total. The molecule has 1 amide bonds. The van der Waals surface area contributed by atoms with E-state index in [1.807, 2.05) is 0 Å². The third-order valence-electron chi connectivity index (χ3n) is 2.52. The quantitative estimate of drug-likeness (QED) is 0.781. The second-order valence-corrected chi connectivity index (χ2v) is 6.56. The SMILES string of the molecule is CN(C)C(=O)CS(=O)(=O)CCc1ccc(N)cc1. The summed E-state index contributed by atoms with van der Waals surface area (Å²) in [6.45, 7) is 0. The number of nitrogen functional groups attached to an aromatic ring is 1. The lowest BCUT2D eigenvalue weighted by Gasteiger charge is -2.10. The van der Waals surface area contributed by atoms with Gasteiger partial charge in [-0.2, -0.15) is 0 Å². The van der Waals surface area contributed by atoms with Crippen molar-refractivity contribution in [3.05, 3.63) is 29.8 Å². The molecule has 100 valence electrons. The molecule has 0 fully saturated rings. The summed E-state index contributed by atoms with van der Waals surface area (Å²) in [5, 5.41) is 0. The smallest absolute Gasteiger partial charge is 0.237 e. The molecule has 0 radical (unpaired) electrons. The molecular weight excluding hydrogens is 252 g/mol. The molecule has 0 aliphatic heterocycles. The van der Waals surface area contributed by atoms with Gasteiger partial charge in [0.2, 0.25) is 5.91 Å². The van der Waals surface area contributed by atoms with E-state index in [0.717, 1.165) is 5.56 Å². The van der Waals surface area contributed by atoms with Crippen LogP contribution in [0.4, 0.5) is 5.69 Å². The largest absolute Gasteiger partial charge is 0.399 e. The predicted octanol–water partition coefficient (Wildman–Crippen LogP) is 0.314. The lowest BCUT2D eigenvalue weighted by molar-refractivity contribution is -0.125. The molecule has 0 atom stereocenters. The van der Waals surface area contributed by atoms with E-state index in [2.05, 4.69) is 0 Å². The first-order valence-corrected chi connectivity index (χ1v) is 7.37. The van der Waals surface area contributed by atoms with Crippen molar-refractivity contribution >= 4 is 21.4 Å². The molecule has 1 rings (SSSR count). The van der Waals surface area contributed by atoms with Crippen molar-refractivity contribution in [3.8, 4) is 0 Å². The second kappa shape index (κ2) is 5.86. The Morgan fingerprint density at radius 3 is 2.28 bits per heavy atom. The highest BCUT2D eigenvalue weighted by molar-refractivity contribution is 7.92. The Kier molecular flexibility index (Phi) is 4.72. The molecule has 0 bridgehead atoms. The average Bonchev–Trinajstić information content (AvgIpc) is 2.27. The fraction of sp³-hybridized carbons (Fsp3) is 0.417. The number of carbonyl (C=O) groups excluding carboxylic acids is 1. The number of amides is 1. The summed E-state index contributed by atoms with van der Waals surface area (Å²) in [6.07, 6.45) is 0.392. The number of hydrogen-bond donors (Lipinski definition) is 1. The number of carbonyl (C=O) groups is 1. The Labute approximate surface area is 108 Å². The van der Waals surface area contributed by atoms with Gasteiger partial charge in [0.1, 0.15) is 5.75 Å². The maximum atomic E-state index is 11.7. The van der Waals surface area contributed by atoms with Gasteiger partial charge in [0.25, 0.3) is 0 Å². The molecule has 0 unspecified atom stereocenters. The van der Waals surface area contributed by atoms with Gasteiger partial charge in [-0.25, -0.2) is 8.42 Å². The number of anilines is 1. The van der Waals surface area contributed by atoms with E-state index in [0.29, 0.717) is 12.1 Å². The summed E-state index contributed by atoms with van der Waals surface area (Å²) in [7, 11) is -0.278. The summed E-state index contributed by atoms with van der Waals surface area (Å²) in [5.74, 6) is -0.863. The molecule has 0 spiro atoms. The van der Waals surface area contributed by atoms with Crippen LogP contribution in [0, 0.1) is 0 Å². The van der Waals surface area contributed by atoms with E-state index in [1.165, 1.54) is 19.0 Å². The Morgan fingerprint density at radius 2 is 1.78 bits per heavy atom. The zero-order valence-electron chi connectivity index (χ0n) is 10.6. The summed E-state index contributed by atoms with van der Waals surface area (Å²) in [5.41, 5.74) is 7.08. The van der Waals surface area contributed by atoms with Gasteiger partial charge in [-0.05, 0) is 24.1 Å². The molecule has 1 aromatic rings. The lowest BCUT2D eigenvalue weighted by atomic mass is 10.2. The van der Waals surface area contributed by atoms with Gasteiger partial charge in [-0.1, -0.05) is 12.1 Å². The van der Waals surface area contributed by atoms with Gasteiger partial charge in [-0.15, -0.1) is 0 Å². The summed E-state index contributed by atoms with van der Waals surface area (Å²) in [4.78, 5) is 12.6. The van der Waals surface area contributed by atoms with Crippen LogP contribution in [-0.2, 0) is 21.1 Å². The third kappa shape index (κ3) is 4.75. The first-order chi connectivity index (χ1) is 8.30. The average molecular weight is 270 g/mol. The minimum Gasteiger partial charge on any atom is -0.399 e. The highest BCUT2D eigenvalue weighted by Gasteiger charge is 2.17. The number of nitrogens with two attached hydrogens (primary N) is 1. The molecule has 18 heavy (non-hydrogen) atoms. The molecule has 1 aromatic carbocycles. The monoisotopic (exact) mass is 270 g/mol. The van der Waals surface area contributed by atoms with Crippen LogP contribution in [0.25, 0.3) is 0 Å². The fourth-order valence-corrected chi connectivity index (χ4v) is 2.67. The maximum absolute atomic E-state index is 11.7.